The minimum absolute atomic E-state index is 0.0115. The van der Waals surface area contributed by atoms with Gasteiger partial charge in [-0.2, -0.15) is 0 Å². The molecule has 0 saturated carbocycles. The Morgan fingerprint density at radius 3 is 2.83 bits per heavy atom. The summed E-state index contributed by atoms with van der Waals surface area (Å²) in [5.74, 6) is -2.57. The van der Waals surface area contributed by atoms with E-state index in [4.69, 9.17) is 0 Å². The Balaban J connectivity index is 1.95. The van der Waals surface area contributed by atoms with Gasteiger partial charge in [-0.3, -0.25) is 9.59 Å². The van der Waals surface area contributed by atoms with Crippen molar-refractivity contribution in [1.82, 2.24) is 10.2 Å². The minimum Gasteiger partial charge on any atom is -0.355 e. The summed E-state index contributed by atoms with van der Waals surface area (Å²) in [4.78, 5) is 27.4. The maximum absolute atomic E-state index is 13.8. The molecule has 0 aliphatic carbocycles. The summed E-state index contributed by atoms with van der Waals surface area (Å²) >= 11 is 0. The molecule has 23 heavy (non-hydrogen) atoms. The zero-order valence-corrected chi connectivity index (χ0v) is 13.3. The molecule has 0 spiro atoms. The number of nitrogens with zero attached hydrogens (tertiary/aromatic N) is 2. The molecule has 0 aromatic heterocycles. The first-order valence-electron chi connectivity index (χ1n) is 7.64. The van der Waals surface area contributed by atoms with Gasteiger partial charge in [-0.05, 0) is 25.7 Å². The number of halogens is 2. The number of nitrogens with one attached hydrogen (secondary N) is 1. The molecule has 7 heteroatoms. The molecule has 2 amide bonds. The van der Waals surface area contributed by atoms with E-state index in [1.54, 1.807) is 0 Å². The number of anilines is 1. The summed E-state index contributed by atoms with van der Waals surface area (Å²) in [6, 6.07) is 3.05. The molecule has 1 atom stereocenters. The predicted octanol–water partition coefficient (Wildman–Crippen LogP) is 1.39. The van der Waals surface area contributed by atoms with Crippen LogP contribution in [-0.4, -0.2) is 49.9 Å². The third kappa shape index (κ3) is 4.25. The number of rotatable bonds is 6. The first kappa shape index (κ1) is 17.3. The molecular formula is C16H21F2N3O2. The average molecular weight is 325 g/mol. The molecule has 1 aromatic carbocycles. The van der Waals surface area contributed by atoms with Crippen molar-refractivity contribution < 1.29 is 18.4 Å². The van der Waals surface area contributed by atoms with Crippen molar-refractivity contribution in [3.05, 3.63) is 29.8 Å². The fourth-order valence-corrected chi connectivity index (χ4v) is 2.49. The lowest BCUT2D eigenvalue weighted by atomic mass is 10.1. The van der Waals surface area contributed by atoms with E-state index >= 15 is 0 Å². The maximum Gasteiger partial charge on any atom is 0.227 e. The summed E-state index contributed by atoms with van der Waals surface area (Å²) in [5.41, 5.74) is 0.0115. The van der Waals surface area contributed by atoms with Crippen molar-refractivity contribution in [2.75, 3.05) is 38.1 Å². The highest BCUT2D eigenvalue weighted by atomic mass is 19.1. The zero-order chi connectivity index (χ0) is 17.0. The first-order chi connectivity index (χ1) is 10.9. The van der Waals surface area contributed by atoms with Crippen LogP contribution in [0.25, 0.3) is 0 Å². The molecule has 1 aromatic rings. The number of benzene rings is 1. The molecule has 1 unspecified atom stereocenters. The molecule has 1 saturated heterocycles. The smallest absolute Gasteiger partial charge is 0.227 e. The number of hydrogen-bond donors (Lipinski definition) is 1. The number of carbonyl (C=O) groups is 2. The van der Waals surface area contributed by atoms with Crippen molar-refractivity contribution in [1.29, 1.82) is 0 Å². The van der Waals surface area contributed by atoms with Crippen LogP contribution in [0.1, 0.15) is 13.3 Å². The molecule has 1 aliphatic heterocycles. The van der Waals surface area contributed by atoms with E-state index in [1.807, 2.05) is 14.0 Å². The SMILES string of the molecule is CCN(C)CCNC(=O)C1CC(=O)N(c2ccc(F)cc2F)C1. The summed E-state index contributed by atoms with van der Waals surface area (Å²) in [7, 11) is 1.95. The Morgan fingerprint density at radius 1 is 1.43 bits per heavy atom. The normalized spacial score (nSPS) is 17.9. The number of likely N-dealkylation sites (N-methyl/N-ethyl adjacent to an activating group) is 1. The monoisotopic (exact) mass is 325 g/mol. The van der Waals surface area contributed by atoms with E-state index in [0.717, 1.165) is 25.2 Å². The van der Waals surface area contributed by atoms with Gasteiger partial charge in [0.15, 0.2) is 0 Å². The second kappa shape index (κ2) is 7.50. The quantitative estimate of drug-likeness (QED) is 0.860. The maximum atomic E-state index is 13.8. The highest BCUT2D eigenvalue weighted by Crippen LogP contribution is 2.27. The van der Waals surface area contributed by atoms with Crippen LogP contribution < -0.4 is 10.2 Å². The number of hydrogen-bond acceptors (Lipinski definition) is 3. The summed E-state index contributed by atoms with van der Waals surface area (Å²) in [6.45, 7) is 4.23. The number of carbonyl (C=O) groups excluding carboxylic acids is 2. The summed E-state index contributed by atoms with van der Waals surface area (Å²) in [5, 5.41) is 2.79. The minimum atomic E-state index is -0.802. The molecule has 5 nitrogen and oxygen atoms in total. The van der Waals surface area contributed by atoms with E-state index in [1.165, 1.54) is 11.0 Å². The van der Waals surface area contributed by atoms with Crippen LogP contribution in [0.2, 0.25) is 0 Å². The van der Waals surface area contributed by atoms with E-state index in [2.05, 4.69) is 10.2 Å². The van der Waals surface area contributed by atoms with Crippen LogP contribution in [0.4, 0.5) is 14.5 Å². The Hall–Kier alpha value is -2.02. The molecule has 126 valence electrons. The molecule has 2 rings (SSSR count). The van der Waals surface area contributed by atoms with E-state index in [9.17, 15) is 18.4 Å². The van der Waals surface area contributed by atoms with Gasteiger partial charge < -0.3 is 15.1 Å². The van der Waals surface area contributed by atoms with Crippen molar-refractivity contribution in [3.63, 3.8) is 0 Å². The molecule has 1 N–H and O–H groups in total. The lowest BCUT2D eigenvalue weighted by molar-refractivity contribution is -0.126. The fraction of sp³-hybridized carbons (Fsp3) is 0.500. The van der Waals surface area contributed by atoms with E-state index < -0.39 is 17.6 Å². The summed E-state index contributed by atoms with van der Waals surface area (Å²) < 4.78 is 26.8. The van der Waals surface area contributed by atoms with Crippen molar-refractivity contribution in [2.24, 2.45) is 5.92 Å². The molecular weight excluding hydrogens is 304 g/mol. The molecule has 1 aliphatic rings. The van der Waals surface area contributed by atoms with Crippen molar-refractivity contribution >= 4 is 17.5 Å². The van der Waals surface area contributed by atoms with E-state index in [-0.39, 0.29) is 30.5 Å². The predicted molar refractivity (Wildman–Crippen MR) is 83.0 cm³/mol. The Bertz CT molecular complexity index is 595. The van der Waals surface area contributed by atoms with Gasteiger partial charge in [0, 0.05) is 32.1 Å². The first-order valence-corrected chi connectivity index (χ1v) is 7.64. The Labute approximate surface area is 134 Å². The van der Waals surface area contributed by atoms with Crippen molar-refractivity contribution in [3.8, 4) is 0 Å². The largest absolute Gasteiger partial charge is 0.355 e. The molecule has 1 heterocycles. The van der Waals surface area contributed by atoms with Gasteiger partial charge in [0.1, 0.15) is 11.6 Å². The van der Waals surface area contributed by atoms with Gasteiger partial charge in [-0.1, -0.05) is 6.92 Å². The van der Waals surface area contributed by atoms with E-state index in [0.29, 0.717) is 6.54 Å². The van der Waals surface area contributed by atoms with Gasteiger partial charge in [0.05, 0.1) is 11.6 Å². The lowest BCUT2D eigenvalue weighted by Crippen LogP contribution is -2.37. The lowest BCUT2D eigenvalue weighted by Gasteiger charge is -2.18. The topological polar surface area (TPSA) is 52.7 Å². The molecule has 0 radical (unpaired) electrons. The standard InChI is InChI=1S/C16H21F2N3O2/c1-3-20(2)7-6-19-16(23)11-8-15(22)21(10-11)14-5-4-12(17)9-13(14)18/h4-5,9,11H,3,6-8,10H2,1-2H3,(H,19,23). The fourth-order valence-electron chi connectivity index (χ4n) is 2.49. The van der Waals surface area contributed by atoms with Gasteiger partial charge in [-0.15, -0.1) is 0 Å². The Kier molecular flexibility index (Phi) is 5.65. The molecule has 1 fully saturated rings. The highest BCUT2D eigenvalue weighted by Gasteiger charge is 2.36. The van der Waals surface area contributed by atoms with Gasteiger partial charge in [0.2, 0.25) is 11.8 Å². The number of amides is 2. The van der Waals surface area contributed by atoms with Crippen LogP contribution in [-0.2, 0) is 9.59 Å². The van der Waals surface area contributed by atoms with Crippen LogP contribution in [0.3, 0.4) is 0 Å². The average Bonchev–Trinajstić information content (AvgIpc) is 2.89. The summed E-state index contributed by atoms with van der Waals surface area (Å²) in [6.07, 6.45) is 0.0340. The van der Waals surface area contributed by atoms with Crippen molar-refractivity contribution in [2.45, 2.75) is 13.3 Å². The highest BCUT2D eigenvalue weighted by molar-refractivity contribution is 6.00. The van der Waals surface area contributed by atoms with Gasteiger partial charge in [0.25, 0.3) is 0 Å². The van der Waals surface area contributed by atoms with Crippen LogP contribution >= 0.6 is 0 Å². The van der Waals surface area contributed by atoms with Crippen LogP contribution in [0, 0.1) is 17.6 Å². The second-order valence-corrected chi connectivity index (χ2v) is 5.69. The third-order valence-electron chi connectivity index (χ3n) is 4.03. The van der Waals surface area contributed by atoms with Gasteiger partial charge in [-0.25, -0.2) is 8.78 Å². The Morgan fingerprint density at radius 2 is 2.17 bits per heavy atom. The van der Waals surface area contributed by atoms with Crippen LogP contribution in [0.15, 0.2) is 18.2 Å². The third-order valence-corrected chi connectivity index (χ3v) is 4.03. The molecule has 0 bridgehead atoms. The second-order valence-electron chi connectivity index (χ2n) is 5.69. The van der Waals surface area contributed by atoms with Gasteiger partial charge >= 0.3 is 0 Å². The zero-order valence-electron chi connectivity index (χ0n) is 13.3. The van der Waals surface area contributed by atoms with Crippen LogP contribution in [0.5, 0.6) is 0 Å².